The fraction of sp³-hybridized carbons (Fsp3) is 0.438. The lowest BCUT2D eigenvalue weighted by atomic mass is 10.3. The number of nitrogens with zero attached hydrogens (tertiary/aromatic N) is 3. The molecule has 0 unspecified atom stereocenters. The van der Waals surface area contributed by atoms with Gasteiger partial charge in [0.25, 0.3) is 5.91 Å². The Morgan fingerprint density at radius 1 is 1.26 bits per heavy atom. The van der Waals surface area contributed by atoms with E-state index in [1.807, 2.05) is 19.9 Å². The molecule has 1 amide bonds. The largest absolute Gasteiger partial charge is 0.349 e. The summed E-state index contributed by atoms with van der Waals surface area (Å²) in [5.41, 5.74) is 2.06. The van der Waals surface area contributed by atoms with Crippen molar-refractivity contribution < 1.29 is 4.79 Å². The van der Waals surface area contributed by atoms with Gasteiger partial charge in [0.15, 0.2) is 5.82 Å². The Morgan fingerprint density at radius 3 is 2.70 bits per heavy atom. The van der Waals surface area contributed by atoms with Crippen molar-refractivity contribution in [2.45, 2.75) is 27.2 Å². The van der Waals surface area contributed by atoms with Crippen LogP contribution in [0.5, 0.6) is 0 Å². The van der Waals surface area contributed by atoms with Gasteiger partial charge in [-0.25, -0.2) is 9.67 Å². The molecule has 0 spiro atoms. The van der Waals surface area contributed by atoms with Gasteiger partial charge in [0.1, 0.15) is 5.69 Å². The molecule has 7 heteroatoms. The van der Waals surface area contributed by atoms with E-state index in [9.17, 15) is 4.79 Å². The van der Waals surface area contributed by atoms with Gasteiger partial charge in [-0.2, -0.15) is 5.10 Å². The van der Waals surface area contributed by atoms with Gasteiger partial charge in [0.05, 0.1) is 10.7 Å². The summed E-state index contributed by atoms with van der Waals surface area (Å²) in [5.74, 6) is 0.297. The average Bonchev–Trinajstić information content (AvgIpc) is 2.86. The third-order valence-corrected chi connectivity index (χ3v) is 3.59. The molecular formula is C16H22ClN5O. The van der Waals surface area contributed by atoms with Gasteiger partial charge in [-0.15, -0.1) is 0 Å². The van der Waals surface area contributed by atoms with Crippen LogP contribution in [0.15, 0.2) is 18.2 Å². The molecule has 2 N–H and O–H groups in total. The number of rotatable bonds is 7. The maximum absolute atomic E-state index is 12.3. The molecule has 2 aromatic heterocycles. The number of carbonyl (C=O) groups is 1. The second-order valence-corrected chi connectivity index (χ2v) is 5.75. The van der Waals surface area contributed by atoms with E-state index in [4.69, 9.17) is 11.6 Å². The number of halogens is 1. The van der Waals surface area contributed by atoms with Crippen molar-refractivity contribution in [2.75, 3.05) is 19.6 Å². The summed E-state index contributed by atoms with van der Waals surface area (Å²) >= 11 is 6.12. The van der Waals surface area contributed by atoms with Gasteiger partial charge < -0.3 is 10.6 Å². The third-order valence-electron chi connectivity index (χ3n) is 3.29. The van der Waals surface area contributed by atoms with E-state index in [0.717, 1.165) is 24.4 Å². The van der Waals surface area contributed by atoms with Gasteiger partial charge in [-0.3, -0.25) is 4.79 Å². The summed E-state index contributed by atoms with van der Waals surface area (Å²) in [7, 11) is 0. The Labute approximate surface area is 141 Å². The quantitative estimate of drug-likeness (QED) is 0.761. The highest BCUT2D eigenvalue weighted by atomic mass is 35.5. The van der Waals surface area contributed by atoms with Crippen molar-refractivity contribution in [3.05, 3.63) is 40.3 Å². The summed E-state index contributed by atoms with van der Waals surface area (Å²) in [6, 6.07) is 5.38. The molecule has 0 aliphatic carbocycles. The maximum atomic E-state index is 12.3. The predicted molar refractivity (Wildman–Crippen MR) is 91.3 cm³/mol. The van der Waals surface area contributed by atoms with Crippen LogP contribution in [0, 0.1) is 13.8 Å². The zero-order valence-corrected chi connectivity index (χ0v) is 14.4. The lowest BCUT2D eigenvalue weighted by molar-refractivity contribution is 0.0949. The number of pyridine rings is 1. The highest BCUT2D eigenvalue weighted by Gasteiger charge is 2.14. The SMILES string of the molecule is CCCNCCNC(=O)c1nc(-n2nc(C)cc2C)ccc1Cl. The van der Waals surface area contributed by atoms with E-state index in [1.54, 1.807) is 16.8 Å². The van der Waals surface area contributed by atoms with Crippen molar-refractivity contribution in [2.24, 2.45) is 0 Å². The van der Waals surface area contributed by atoms with Crippen molar-refractivity contribution in [3.8, 4) is 5.82 Å². The molecule has 0 saturated carbocycles. The summed E-state index contributed by atoms with van der Waals surface area (Å²) in [4.78, 5) is 16.6. The number of aryl methyl sites for hydroxylation is 2. The highest BCUT2D eigenvalue weighted by Crippen LogP contribution is 2.17. The molecule has 0 atom stereocenters. The van der Waals surface area contributed by atoms with Crippen LogP contribution in [-0.2, 0) is 0 Å². The molecule has 0 aromatic carbocycles. The van der Waals surface area contributed by atoms with Gasteiger partial charge in [-0.05, 0) is 45.0 Å². The first-order valence-electron chi connectivity index (χ1n) is 7.72. The van der Waals surface area contributed by atoms with E-state index in [2.05, 4.69) is 27.6 Å². The topological polar surface area (TPSA) is 71.8 Å². The Bertz CT molecular complexity index is 683. The van der Waals surface area contributed by atoms with E-state index in [-0.39, 0.29) is 11.6 Å². The first-order valence-corrected chi connectivity index (χ1v) is 8.09. The normalized spacial score (nSPS) is 10.8. The zero-order chi connectivity index (χ0) is 16.8. The first-order chi connectivity index (χ1) is 11.0. The Kier molecular flexibility index (Phi) is 6.12. The molecule has 23 heavy (non-hydrogen) atoms. The number of nitrogens with one attached hydrogen (secondary N) is 2. The van der Waals surface area contributed by atoms with Crippen molar-refractivity contribution in [1.29, 1.82) is 0 Å². The van der Waals surface area contributed by atoms with Crippen molar-refractivity contribution in [3.63, 3.8) is 0 Å². The molecule has 2 aromatic rings. The maximum Gasteiger partial charge on any atom is 0.271 e. The molecule has 6 nitrogen and oxygen atoms in total. The number of hydrogen-bond donors (Lipinski definition) is 2. The minimum atomic E-state index is -0.281. The van der Waals surface area contributed by atoms with Crippen molar-refractivity contribution >= 4 is 17.5 Å². The fourth-order valence-electron chi connectivity index (χ4n) is 2.22. The molecule has 2 rings (SSSR count). The fourth-order valence-corrected chi connectivity index (χ4v) is 2.41. The number of hydrogen-bond acceptors (Lipinski definition) is 4. The molecule has 0 fully saturated rings. The molecule has 0 radical (unpaired) electrons. The second kappa shape index (κ2) is 8.08. The van der Waals surface area contributed by atoms with Gasteiger partial charge in [0, 0.05) is 18.8 Å². The van der Waals surface area contributed by atoms with E-state index in [0.29, 0.717) is 23.9 Å². The lowest BCUT2D eigenvalue weighted by Gasteiger charge is -2.09. The number of amides is 1. The Balaban J connectivity index is 2.11. The zero-order valence-electron chi connectivity index (χ0n) is 13.7. The predicted octanol–water partition coefficient (Wildman–Crippen LogP) is 2.27. The molecule has 0 bridgehead atoms. The van der Waals surface area contributed by atoms with E-state index < -0.39 is 0 Å². The third kappa shape index (κ3) is 4.53. The number of carbonyl (C=O) groups excluding carboxylic acids is 1. The average molecular weight is 336 g/mol. The van der Waals surface area contributed by atoms with Crippen LogP contribution in [0.2, 0.25) is 5.02 Å². The summed E-state index contributed by atoms with van der Waals surface area (Å²) in [6.45, 7) is 8.13. The lowest BCUT2D eigenvalue weighted by Crippen LogP contribution is -2.32. The monoisotopic (exact) mass is 335 g/mol. The highest BCUT2D eigenvalue weighted by molar-refractivity contribution is 6.33. The van der Waals surface area contributed by atoms with Crippen LogP contribution >= 0.6 is 11.6 Å². The molecule has 0 saturated heterocycles. The van der Waals surface area contributed by atoms with Gasteiger partial charge in [-0.1, -0.05) is 18.5 Å². The summed E-state index contributed by atoms with van der Waals surface area (Å²) in [6.07, 6.45) is 1.06. The van der Waals surface area contributed by atoms with Crippen LogP contribution < -0.4 is 10.6 Å². The molecule has 124 valence electrons. The Hall–Kier alpha value is -1.92. The first kappa shape index (κ1) is 17.4. The molecular weight excluding hydrogens is 314 g/mol. The van der Waals surface area contributed by atoms with Crippen molar-refractivity contribution in [1.82, 2.24) is 25.4 Å². The minimum Gasteiger partial charge on any atom is -0.349 e. The van der Waals surface area contributed by atoms with E-state index in [1.165, 1.54) is 0 Å². The van der Waals surface area contributed by atoms with Gasteiger partial charge in [0.2, 0.25) is 0 Å². The number of aromatic nitrogens is 3. The summed E-state index contributed by atoms with van der Waals surface area (Å²) < 4.78 is 1.70. The van der Waals surface area contributed by atoms with E-state index >= 15 is 0 Å². The van der Waals surface area contributed by atoms with Crippen LogP contribution in [0.4, 0.5) is 0 Å². The van der Waals surface area contributed by atoms with Crippen LogP contribution in [0.25, 0.3) is 5.82 Å². The molecule has 2 heterocycles. The molecule has 0 aliphatic rings. The van der Waals surface area contributed by atoms with Crippen LogP contribution in [-0.4, -0.2) is 40.3 Å². The molecule has 0 aliphatic heterocycles. The standard InChI is InChI=1S/C16H22ClN5O/c1-4-7-18-8-9-19-16(23)15-13(17)5-6-14(20-15)22-12(3)10-11(2)21-22/h5-6,10,18H,4,7-9H2,1-3H3,(H,19,23). The smallest absolute Gasteiger partial charge is 0.271 e. The van der Waals surface area contributed by atoms with Gasteiger partial charge >= 0.3 is 0 Å². The Morgan fingerprint density at radius 2 is 2.04 bits per heavy atom. The second-order valence-electron chi connectivity index (χ2n) is 5.34. The van der Waals surface area contributed by atoms with Crippen LogP contribution in [0.1, 0.15) is 35.2 Å². The summed E-state index contributed by atoms with van der Waals surface area (Å²) in [5, 5.41) is 10.7. The minimum absolute atomic E-state index is 0.215. The van der Waals surface area contributed by atoms with Crippen LogP contribution in [0.3, 0.4) is 0 Å².